The molecule has 3 nitrogen and oxygen atoms in total. The number of methoxy groups -OCH3 is 1. The number of hydrogen-bond acceptors (Lipinski definition) is 3. The summed E-state index contributed by atoms with van der Waals surface area (Å²) < 4.78 is 49.1. The molecule has 2 atom stereocenters. The van der Waals surface area contributed by atoms with Crippen molar-refractivity contribution in [3.05, 3.63) is 0 Å². The molecule has 0 radical (unpaired) electrons. The zero-order valence-electron chi connectivity index (χ0n) is 11.4. The third kappa shape index (κ3) is 3.61. The van der Waals surface area contributed by atoms with Gasteiger partial charge < -0.3 is 9.47 Å². The van der Waals surface area contributed by atoms with Gasteiger partial charge in [-0.05, 0) is 25.2 Å². The van der Waals surface area contributed by atoms with Crippen LogP contribution in [0.5, 0.6) is 0 Å². The van der Waals surface area contributed by atoms with Crippen molar-refractivity contribution in [3.63, 3.8) is 0 Å². The summed E-state index contributed by atoms with van der Waals surface area (Å²) in [7, 11) is 0.963. The monoisotopic (exact) mass is 282 g/mol. The SMILES string of the molecule is CCCC[C@H]1CCCO[C@@](C(=O)OC)(C(F)(F)F)C1. The Morgan fingerprint density at radius 3 is 2.68 bits per heavy atom. The third-order valence-corrected chi connectivity index (χ3v) is 3.62. The summed E-state index contributed by atoms with van der Waals surface area (Å²) in [5, 5.41) is 0. The standard InChI is InChI=1S/C13H21F3O3/c1-3-4-6-10-7-5-8-19-12(9-10,11(17)18-2)13(14,15)16/h10H,3-9H2,1-2H3/t10-,12-/m0/s1. The molecule has 0 aliphatic carbocycles. The molecule has 0 aromatic heterocycles. The van der Waals surface area contributed by atoms with Gasteiger partial charge in [0.2, 0.25) is 0 Å². The van der Waals surface area contributed by atoms with Gasteiger partial charge in [-0.15, -0.1) is 0 Å². The molecule has 1 aliphatic rings. The third-order valence-electron chi connectivity index (χ3n) is 3.62. The molecule has 112 valence electrons. The van der Waals surface area contributed by atoms with Crippen molar-refractivity contribution in [2.75, 3.05) is 13.7 Å². The number of unbranched alkanes of at least 4 members (excludes halogenated alkanes) is 1. The fourth-order valence-corrected chi connectivity index (χ4v) is 2.55. The maximum Gasteiger partial charge on any atom is 0.428 e. The zero-order chi connectivity index (χ0) is 14.5. The molecule has 1 saturated heterocycles. The van der Waals surface area contributed by atoms with Gasteiger partial charge in [-0.1, -0.05) is 26.2 Å². The smallest absolute Gasteiger partial charge is 0.428 e. The molecule has 0 spiro atoms. The molecule has 6 heteroatoms. The molecule has 0 aromatic rings. The Bertz CT molecular complexity index is 304. The number of halogens is 3. The first-order valence-corrected chi connectivity index (χ1v) is 6.66. The summed E-state index contributed by atoms with van der Waals surface area (Å²) in [6, 6.07) is 0. The minimum Gasteiger partial charge on any atom is -0.467 e. The molecule has 19 heavy (non-hydrogen) atoms. The molecule has 1 fully saturated rings. The largest absolute Gasteiger partial charge is 0.467 e. The molecule has 1 rings (SSSR count). The number of ether oxygens (including phenoxy) is 2. The second kappa shape index (κ2) is 6.59. The molecule has 0 bridgehead atoms. The van der Waals surface area contributed by atoms with E-state index in [0.29, 0.717) is 19.3 Å². The van der Waals surface area contributed by atoms with Gasteiger partial charge in [-0.25, -0.2) is 4.79 Å². The van der Waals surface area contributed by atoms with E-state index in [0.717, 1.165) is 20.0 Å². The van der Waals surface area contributed by atoms with E-state index in [2.05, 4.69) is 4.74 Å². The summed E-state index contributed by atoms with van der Waals surface area (Å²) in [4.78, 5) is 11.6. The summed E-state index contributed by atoms with van der Waals surface area (Å²) >= 11 is 0. The molecule has 0 amide bonds. The second-order valence-electron chi connectivity index (χ2n) is 5.02. The first-order chi connectivity index (χ1) is 8.87. The van der Waals surface area contributed by atoms with Gasteiger partial charge in [0, 0.05) is 6.61 Å². The Morgan fingerprint density at radius 2 is 2.16 bits per heavy atom. The summed E-state index contributed by atoms with van der Waals surface area (Å²) in [5.41, 5.74) is -2.78. The lowest BCUT2D eigenvalue weighted by atomic mass is 9.85. The van der Waals surface area contributed by atoms with Crippen LogP contribution in [0.15, 0.2) is 0 Å². The van der Waals surface area contributed by atoms with Crippen LogP contribution in [0.1, 0.15) is 45.4 Å². The fraction of sp³-hybridized carbons (Fsp3) is 0.923. The van der Waals surface area contributed by atoms with E-state index in [1.807, 2.05) is 6.92 Å². The Balaban J connectivity index is 2.96. The van der Waals surface area contributed by atoms with Crippen LogP contribution >= 0.6 is 0 Å². The molecule has 0 N–H and O–H groups in total. The predicted molar refractivity (Wildman–Crippen MR) is 63.6 cm³/mol. The first-order valence-electron chi connectivity index (χ1n) is 6.66. The molecule has 0 aromatic carbocycles. The number of rotatable bonds is 4. The van der Waals surface area contributed by atoms with Crippen molar-refractivity contribution >= 4 is 5.97 Å². The molecule has 0 unspecified atom stereocenters. The van der Waals surface area contributed by atoms with Gasteiger partial charge in [0.25, 0.3) is 5.60 Å². The highest BCUT2D eigenvalue weighted by atomic mass is 19.4. The Labute approximate surface area is 111 Å². The maximum atomic E-state index is 13.3. The minimum absolute atomic E-state index is 0.0583. The maximum absolute atomic E-state index is 13.3. The molecule has 1 aliphatic heterocycles. The Hall–Kier alpha value is -0.780. The van der Waals surface area contributed by atoms with E-state index in [4.69, 9.17) is 4.74 Å². The quantitative estimate of drug-likeness (QED) is 0.741. The van der Waals surface area contributed by atoms with E-state index in [1.165, 1.54) is 0 Å². The fourth-order valence-electron chi connectivity index (χ4n) is 2.55. The predicted octanol–water partition coefficient (Wildman–Crippen LogP) is 3.47. The Kier molecular flexibility index (Phi) is 5.64. The van der Waals surface area contributed by atoms with Crippen LogP contribution in [0.25, 0.3) is 0 Å². The van der Waals surface area contributed by atoms with Crippen molar-refractivity contribution in [1.82, 2.24) is 0 Å². The lowest BCUT2D eigenvalue weighted by molar-refractivity contribution is -0.278. The second-order valence-corrected chi connectivity index (χ2v) is 5.02. The van der Waals surface area contributed by atoms with E-state index in [-0.39, 0.29) is 18.9 Å². The molecule has 0 saturated carbocycles. The van der Waals surface area contributed by atoms with Crippen LogP contribution in [0, 0.1) is 5.92 Å². The zero-order valence-corrected chi connectivity index (χ0v) is 11.4. The molecular formula is C13H21F3O3. The van der Waals surface area contributed by atoms with E-state index in [9.17, 15) is 18.0 Å². The molecular weight excluding hydrogens is 261 g/mol. The lowest BCUT2D eigenvalue weighted by Crippen LogP contribution is -2.55. The first kappa shape index (κ1) is 16.3. The summed E-state index contributed by atoms with van der Waals surface area (Å²) in [6.07, 6.45) is -1.39. The van der Waals surface area contributed by atoms with Crippen LogP contribution in [0.3, 0.4) is 0 Å². The van der Waals surface area contributed by atoms with Gasteiger partial charge >= 0.3 is 12.1 Å². The van der Waals surface area contributed by atoms with Crippen LogP contribution < -0.4 is 0 Å². The van der Waals surface area contributed by atoms with Gasteiger partial charge in [-0.3, -0.25) is 0 Å². The van der Waals surface area contributed by atoms with Crippen LogP contribution in [0.4, 0.5) is 13.2 Å². The lowest BCUT2D eigenvalue weighted by Gasteiger charge is -2.33. The normalized spacial score (nSPS) is 28.8. The van der Waals surface area contributed by atoms with Crippen molar-refractivity contribution < 1.29 is 27.4 Å². The van der Waals surface area contributed by atoms with Gasteiger partial charge in [0.1, 0.15) is 0 Å². The average Bonchev–Trinajstić information content (AvgIpc) is 2.58. The van der Waals surface area contributed by atoms with E-state index in [1.54, 1.807) is 0 Å². The highest BCUT2D eigenvalue weighted by molar-refractivity contribution is 5.80. The van der Waals surface area contributed by atoms with Gasteiger partial charge in [0.15, 0.2) is 0 Å². The summed E-state index contributed by atoms with van der Waals surface area (Å²) in [6.45, 7) is 1.93. The average molecular weight is 282 g/mol. The number of carbonyl (C=O) groups excluding carboxylic acids is 1. The molecule has 1 heterocycles. The van der Waals surface area contributed by atoms with Crippen molar-refractivity contribution in [2.45, 2.75) is 57.2 Å². The number of carbonyl (C=O) groups is 1. The number of esters is 1. The van der Waals surface area contributed by atoms with Crippen LogP contribution in [-0.4, -0.2) is 31.5 Å². The topological polar surface area (TPSA) is 35.5 Å². The van der Waals surface area contributed by atoms with Crippen LogP contribution in [0.2, 0.25) is 0 Å². The number of hydrogen-bond donors (Lipinski definition) is 0. The highest BCUT2D eigenvalue weighted by Crippen LogP contribution is 2.43. The van der Waals surface area contributed by atoms with Gasteiger partial charge in [-0.2, -0.15) is 13.2 Å². The van der Waals surface area contributed by atoms with E-state index >= 15 is 0 Å². The van der Waals surface area contributed by atoms with Crippen molar-refractivity contribution in [1.29, 1.82) is 0 Å². The van der Waals surface area contributed by atoms with Crippen LogP contribution in [-0.2, 0) is 14.3 Å². The number of alkyl halides is 3. The summed E-state index contributed by atoms with van der Waals surface area (Å²) in [5.74, 6) is -1.48. The van der Waals surface area contributed by atoms with E-state index < -0.39 is 17.7 Å². The highest BCUT2D eigenvalue weighted by Gasteiger charge is 2.63. The minimum atomic E-state index is -4.74. The van der Waals surface area contributed by atoms with Crippen molar-refractivity contribution in [3.8, 4) is 0 Å². The Morgan fingerprint density at radius 1 is 1.47 bits per heavy atom. The van der Waals surface area contributed by atoms with Crippen molar-refractivity contribution in [2.24, 2.45) is 5.92 Å². The van der Waals surface area contributed by atoms with Gasteiger partial charge in [0.05, 0.1) is 7.11 Å².